The number of hydrogen-bond donors (Lipinski definition) is 0. The van der Waals surface area contributed by atoms with Crippen molar-refractivity contribution < 1.29 is 0 Å². The number of benzene rings is 3. The Morgan fingerprint density at radius 3 is 2.50 bits per heavy atom. The summed E-state index contributed by atoms with van der Waals surface area (Å²) in [7, 11) is 0. The van der Waals surface area contributed by atoms with Gasteiger partial charge in [-0.05, 0) is 98.8 Å². The number of halogens is 1. The molecule has 2 heteroatoms. The van der Waals surface area contributed by atoms with Crippen molar-refractivity contribution >= 4 is 51.6 Å². The fourth-order valence-electron chi connectivity index (χ4n) is 5.93. The van der Waals surface area contributed by atoms with Crippen molar-refractivity contribution in [2.24, 2.45) is 11.8 Å². The molecule has 0 bridgehead atoms. The standard InChI is InChI=1S/C38H32IN/c1-3-4-5-10-28-16-22-32(23-17-28)40-26-9-12-29-11-6-7-13-33(29)27(2)34-14-8-15-36-35(24-25-37(40)38(34)36)30-18-20-31(39)21-19-30/h3-25,34,38H,2,26H2,1H3/b4-3-,10-5-,12-9-. The largest absolute Gasteiger partial charge is 0.341 e. The van der Waals surface area contributed by atoms with E-state index in [2.05, 4.69) is 161 Å². The third-order valence-electron chi connectivity index (χ3n) is 7.90. The molecular weight excluding hydrogens is 597 g/mol. The highest BCUT2D eigenvalue weighted by Crippen LogP contribution is 2.49. The van der Waals surface area contributed by atoms with E-state index in [1.165, 1.54) is 48.4 Å². The van der Waals surface area contributed by atoms with Gasteiger partial charge in [0.05, 0.1) is 0 Å². The van der Waals surface area contributed by atoms with Crippen LogP contribution in [0.15, 0.2) is 145 Å². The summed E-state index contributed by atoms with van der Waals surface area (Å²) in [5.74, 6) is 0.308. The first-order valence-electron chi connectivity index (χ1n) is 13.8. The van der Waals surface area contributed by atoms with E-state index in [-0.39, 0.29) is 11.8 Å². The van der Waals surface area contributed by atoms with Crippen molar-refractivity contribution in [3.05, 3.63) is 171 Å². The maximum absolute atomic E-state index is 4.70. The molecule has 40 heavy (non-hydrogen) atoms. The minimum Gasteiger partial charge on any atom is -0.341 e. The molecule has 2 atom stereocenters. The summed E-state index contributed by atoms with van der Waals surface area (Å²) in [4.78, 5) is 2.48. The molecule has 1 aliphatic heterocycles. The molecule has 1 nitrogen and oxygen atoms in total. The summed E-state index contributed by atoms with van der Waals surface area (Å²) >= 11 is 2.38. The van der Waals surface area contributed by atoms with E-state index < -0.39 is 0 Å². The van der Waals surface area contributed by atoms with Crippen LogP contribution in [-0.4, -0.2) is 6.54 Å². The molecule has 0 saturated carbocycles. The average Bonchev–Trinajstić information content (AvgIpc) is 2.99. The zero-order valence-electron chi connectivity index (χ0n) is 22.7. The molecule has 0 aromatic heterocycles. The summed E-state index contributed by atoms with van der Waals surface area (Å²) < 4.78 is 1.25. The van der Waals surface area contributed by atoms with Gasteiger partial charge in [-0.1, -0.05) is 116 Å². The first kappa shape index (κ1) is 26.3. The minimum absolute atomic E-state index is 0.150. The lowest BCUT2D eigenvalue weighted by Gasteiger charge is -2.41. The molecule has 1 heterocycles. The highest BCUT2D eigenvalue weighted by Gasteiger charge is 2.37. The van der Waals surface area contributed by atoms with Gasteiger partial charge in [0.25, 0.3) is 0 Å². The predicted molar refractivity (Wildman–Crippen MR) is 182 cm³/mol. The van der Waals surface area contributed by atoms with E-state index >= 15 is 0 Å². The highest BCUT2D eigenvalue weighted by atomic mass is 127. The molecule has 0 spiro atoms. The third kappa shape index (κ3) is 5.16. The van der Waals surface area contributed by atoms with Crippen LogP contribution in [0.5, 0.6) is 0 Å². The summed E-state index contributed by atoms with van der Waals surface area (Å²) in [5.41, 5.74) is 11.2. The lowest BCUT2D eigenvalue weighted by Crippen LogP contribution is -2.35. The van der Waals surface area contributed by atoms with E-state index in [1.807, 2.05) is 13.0 Å². The van der Waals surface area contributed by atoms with E-state index in [0.717, 1.165) is 12.1 Å². The van der Waals surface area contributed by atoms with E-state index in [0.29, 0.717) is 0 Å². The molecule has 3 aliphatic rings. The van der Waals surface area contributed by atoms with Gasteiger partial charge in [0.2, 0.25) is 0 Å². The zero-order chi connectivity index (χ0) is 27.5. The fraction of sp³-hybridized carbons (Fsp3) is 0.105. The number of hydrogen-bond acceptors (Lipinski definition) is 1. The molecule has 2 aliphatic carbocycles. The third-order valence-corrected chi connectivity index (χ3v) is 8.62. The Morgan fingerprint density at radius 1 is 0.900 bits per heavy atom. The van der Waals surface area contributed by atoms with Crippen LogP contribution in [0.2, 0.25) is 0 Å². The molecule has 0 saturated heterocycles. The van der Waals surface area contributed by atoms with Gasteiger partial charge < -0.3 is 4.90 Å². The van der Waals surface area contributed by atoms with Gasteiger partial charge in [0, 0.05) is 33.3 Å². The van der Waals surface area contributed by atoms with Gasteiger partial charge in [-0.15, -0.1) is 0 Å². The molecule has 196 valence electrons. The Kier molecular flexibility index (Phi) is 7.70. The van der Waals surface area contributed by atoms with Crippen molar-refractivity contribution in [2.75, 3.05) is 11.4 Å². The lowest BCUT2D eigenvalue weighted by atomic mass is 9.69. The van der Waals surface area contributed by atoms with Crippen LogP contribution in [0.1, 0.15) is 29.2 Å². The molecule has 3 aromatic rings. The molecule has 2 unspecified atom stereocenters. The highest BCUT2D eigenvalue weighted by molar-refractivity contribution is 14.1. The lowest BCUT2D eigenvalue weighted by molar-refractivity contribution is 0.602. The minimum atomic E-state index is 0.150. The SMILES string of the molecule is C=C1c2ccccc2/C=C\CN(c2ccc(/C=C\C=C/C)cc2)C2=CC=C(c3ccc(I)cc3)C3=CC=CC1C32. The average molecular weight is 630 g/mol. The number of nitrogens with zero attached hydrogens (tertiary/aromatic N) is 1. The Balaban J connectivity index is 1.50. The zero-order valence-corrected chi connectivity index (χ0v) is 24.8. The van der Waals surface area contributed by atoms with Crippen LogP contribution in [0, 0.1) is 15.4 Å². The molecule has 6 rings (SSSR count). The van der Waals surface area contributed by atoms with Crippen molar-refractivity contribution in [1.82, 2.24) is 0 Å². The Labute approximate surface area is 251 Å². The first-order chi connectivity index (χ1) is 19.6. The maximum Gasteiger partial charge on any atom is 0.0412 e. The van der Waals surface area contributed by atoms with Crippen LogP contribution in [0.25, 0.3) is 23.3 Å². The second kappa shape index (κ2) is 11.7. The topological polar surface area (TPSA) is 3.24 Å². The van der Waals surface area contributed by atoms with Crippen molar-refractivity contribution in [2.45, 2.75) is 6.92 Å². The molecule has 0 amide bonds. The molecule has 0 N–H and O–H groups in total. The molecule has 0 fully saturated rings. The Morgan fingerprint density at radius 2 is 1.70 bits per heavy atom. The second-order valence-corrected chi connectivity index (χ2v) is 11.5. The van der Waals surface area contributed by atoms with Crippen molar-refractivity contribution in [3.63, 3.8) is 0 Å². The summed E-state index contributed by atoms with van der Waals surface area (Å²) in [6.45, 7) is 7.52. The van der Waals surface area contributed by atoms with Gasteiger partial charge in [-0.2, -0.15) is 0 Å². The van der Waals surface area contributed by atoms with Gasteiger partial charge in [0.1, 0.15) is 0 Å². The maximum atomic E-state index is 4.70. The van der Waals surface area contributed by atoms with E-state index in [9.17, 15) is 0 Å². The van der Waals surface area contributed by atoms with Gasteiger partial charge in [0.15, 0.2) is 0 Å². The van der Waals surface area contributed by atoms with Crippen LogP contribution in [-0.2, 0) is 0 Å². The fourth-order valence-corrected chi connectivity index (χ4v) is 6.29. The molecule has 0 radical (unpaired) electrons. The van der Waals surface area contributed by atoms with Crippen molar-refractivity contribution in [3.8, 4) is 0 Å². The predicted octanol–water partition coefficient (Wildman–Crippen LogP) is 10.1. The van der Waals surface area contributed by atoms with Crippen LogP contribution in [0.3, 0.4) is 0 Å². The van der Waals surface area contributed by atoms with E-state index in [4.69, 9.17) is 6.58 Å². The number of anilines is 1. The first-order valence-corrected chi connectivity index (χ1v) is 14.9. The monoisotopic (exact) mass is 629 g/mol. The van der Waals surface area contributed by atoms with Crippen LogP contribution < -0.4 is 4.90 Å². The van der Waals surface area contributed by atoms with Crippen LogP contribution in [0.4, 0.5) is 5.69 Å². The quantitative estimate of drug-likeness (QED) is 0.205. The number of fused-ring (bicyclic) bond motifs is 1. The number of allylic oxidation sites excluding steroid dienone is 11. The van der Waals surface area contributed by atoms with Crippen LogP contribution >= 0.6 is 22.6 Å². The smallest absolute Gasteiger partial charge is 0.0412 e. The molecular formula is C38H32IN. The summed E-state index contributed by atoms with van der Waals surface area (Å²) in [6, 6.07) is 26.4. The number of rotatable bonds is 4. The molecule has 3 aromatic carbocycles. The Hall–Kier alpha value is -3.89. The summed E-state index contributed by atoms with van der Waals surface area (Å²) in [6.07, 6.45) is 24.4. The van der Waals surface area contributed by atoms with Gasteiger partial charge in [-0.25, -0.2) is 0 Å². The Bertz CT molecular complexity index is 1640. The van der Waals surface area contributed by atoms with Gasteiger partial charge in [-0.3, -0.25) is 0 Å². The van der Waals surface area contributed by atoms with Gasteiger partial charge >= 0.3 is 0 Å². The second-order valence-electron chi connectivity index (χ2n) is 10.3. The summed E-state index contributed by atoms with van der Waals surface area (Å²) in [5, 5.41) is 0. The normalized spacial score (nSPS) is 21.0. The van der Waals surface area contributed by atoms with E-state index in [1.54, 1.807) is 0 Å². The van der Waals surface area contributed by atoms with Crippen molar-refractivity contribution in [1.29, 1.82) is 0 Å².